The zero-order valence-electron chi connectivity index (χ0n) is 25.6. The summed E-state index contributed by atoms with van der Waals surface area (Å²) in [5.41, 5.74) is 0.930. The molecule has 1 rings (SSSR count). The zero-order chi connectivity index (χ0) is 31.8. The molecule has 1 aromatic rings. The number of nitrogens with one attached hydrogen (secondary N) is 1. The largest absolute Gasteiger partial charge is 0.481 e. The Balaban J connectivity index is 1.68. The number of ether oxygens (including phenoxy) is 9. The first-order valence-corrected chi connectivity index (χ1v) is 14.9. The number of esters is 1. The van der Waals surface area contributed by atoms with E-state index in [9.17, 15) is 14.4 Å². The number of hydrogen-bond acceptors (Lipinski definition) is 12. The van der Waals surface area contributed by atoms with Gasteiger partial charge in [-0.05, 0) is 18.4 Å². The van der Waals surface area contributed by atoms with E-state index in [1.807, 2.05) is 30.3 Å². The summed E-state index contributed by atoms with van der Waals surface area (Å²) in [5.74, 6) is -1.22. The zero-order valence-corrected chi connectivity index (χ0v) is 25.6. The number of carbonyl (C=O) groups is 3. The van der Waals surface area contributed by atoms with E-state index in [0.29, 0.717) is 105 Å². The van der Waals surface area contributed by atoms with Gasteiger partial charge >= 0.3 is 18.0 Å². The number of alkyl carbamates (subject to hydrolysis) is 1. The van der Waals surface area contributed by atoms with Gasteiger partial charge in [0.15, 0.2) is 0 Å². The van der Waals surface area contributed by atoms with E-state index >= 15 is 0 Å². The van der Waals surface area contributed by atoms with Crippen LogP contribution in [0, 0.1) is 0 Å². The highest BCUT2D eigenvalue weighted by Crippen LogP contribution is 2.02. The minimum absolute atomic E-state index is 0.0571. The lowest BCUT2D eigenvalue weighted by molar-refractivity contribution is -0.146. The number of carbonyl (C=O) groups excluding carboxylic acids is 2. The maximum atomic E-state index is 11.6. The molecule has 0 fully saturated rings. The van der Waals surface area contributed by atoms with Gasteiger partial charge in [0.2, 0.25) is 0 Å². The number of amides is 1. The van der Waals surface area contributed by atoms with Gasteiger partial charge in [-0.15, -0.1) is 0 Å². The van der Waals surface area contributed by atoms with Crippen LogP contribution in [-0.2, 0) is 58.8 Å². The van der Waals surface area contributed by atoms with Crippen LogP contribution in [0.5, 0.6) is 0 Å². The first-order valence-electron chi connectivity index (χ1n) is 14.9. The van der Waals surface area contributed by atoms with E-state index < -0.39 is 12.1 Å². The Bertz CT molecular complexity index is 828. The highest BCUT2D eigenvalue weighted by Gasteiger charge is 2.04. The molecule has 0 saturated carbocycles. The van der Waals surface area contributed by atoms with Crippen molar-refractivity contribution < 1.29 is 62.1 Å². The van der Waals surface area contributed by atoms with Gasteiger partial charge in [-0.2, -0.15) is 0 Å². The summed E-state index contributed by atoms with van der Waals surface area (Å²) in [6.45, 7) is 6.64. The van der Waals surface area contributed by atoms with E-state index in [-0.39, 0.29) is 38.6 Å². The third-order valence-electron chi connectivity index (χ3n) is 5.47. The van der Waals surface area contributed by atoms with Crippen molar-refractivity contribution in [3.8, 4) is 0 Å². The lowest BCUT2D eigenvalue weighted by Crippen LogP contribution is -2.28. The summed E-state index contributed by atoms with van der Waals surface area (Å²) in [5, 5.41) is 11.2. The molecular formula is C30H49NO13. The van der Waals surface area contributed by atoms with Crippen LogP contribution in [0.4, 0.5) is 4.79 Å². The predicted molar refractivity (Wildman–Crippen MR) is 157 cm³/mol. The Morgan fingerprint density at radius 1 is 0.545 bits per heavy atom. The molecule has 0 bridgehead atoms. The maximum Gasteiger partial charge on any atom is 0.407 e. The topological polar surface area (TPSA) is 167 Å². The third kappa shape index (κ3) is 28.0. The van der Waals surface area contributed by atoms with Crippen molar-refractivity contribution in [1.82, 2.24) is 5.32 Å². The molecule has 0 heterocycles. The van der Waals surface area contributed by atoms with E-state index in [1.165, 1.54) is 0 Å². The highest BCUT2D eigenvalue weighted by molar-refractivity contribution is 5.69. The molecule has 252 valence electrons. The molecule has 44 heavy (non-hydrogen) atoms. The molecule has 0 unspecified atom stereocenters. The van der Waals surface area contributed by atoms with Gasteiger partial charge in [0.25, 0.3) is 0 Å². The minimum atomic E-state index is -0.866. The van der Waals surface area contributed by atoms with Crippen LogP contribution in [0.2, 0.25) is 0 Å². The number of rotatable bonds is 31. The van der Waals surface area contributed by atoms with Gasteiger partial charge in [-0.25, -0.2) is 4.79 Å². The molecule has 0 aliphatic rings. The monoisotopic (exact) mass is 631 g/mol. The molecule has 0 aliphatic heterocycles. The fourth-order valence-electron chi connectivity index (χ4n) is 3.25. The number of unbranched alkanes of at least 4 members (excludes halogenated alkanes) is 1. The second-order valence-electron chi connectivity index (χ2n) is 9.10. The Kier molecular flexibility index (Phi) is 26.9. The summed E-state index contributed by atoms with van der Waals surface area (Å²) in [6, 6.07) is 9.47. The van der Waals surface area contributed by atoms with Crippen LogP contribution in [0.1, 0.15) is 31.2 Å². The predicted octanol–water partition coefficient (Wildman–Crippen LogP) is 2.22. The number of benzene rings is 1. The van der Waals surface area contributed by atoms with Crippen LogP contribution in [0.3, 0.4) is 0 Å². The summed E-state index contributed by atoms with van der Waals surface area (Å²) in [7, 11) is 0. The Morgan fingerprint density at radius 3 is 1.45 bits per heavy atom. The number of hydrogen-bond donors (Lipinski definition) is 2. The molecule has 1 aromatic carbocycles. The van der Waals surface area contributed by atoms with E-state index in [2.05, 4.69) is 5.32 Å². The van der Waals surface area contributed by atoms with Crippen LogP contribution in [0.15, 0.2) is 30.3 Å². The molecular weight excluding hydrogens is 582 g/mol. The standard InChI is InChI=1S/C30H49NO13/c32-28(33)8-4-5-9-29(34)43-25-24-42-23-22-41-21-20-40-19-18-39-17-16-38-15-14-37-13-12-36-11-10-31-30(35)44-26-27-6-2-1-3-7-27/h1-3,6-7H,4-5,8-26H2,(H,31,35)(H,32,33). The summed E-state index contributed by atoms with van der Waals surface area (Å²) >= 11 is 0. The van der Waals surface area contributed by atoms with Crippen molar-refractivity contribution in [1.29, 1.82) is 0 Å². The third-order valence-corrected chi connectivity index (χ3v) is 5.47. The first-order chi connectivity index (χ1) is 21.6. The molecule has 1 amide bonds. The van der Waals surface area contributed by atoms with Gasteiger partial charge in [0, 0.05) is 19.4 Å². The van der Waals surface area contributed by atoms with Crippen molar-refractivity contribution >= 4 is 18.0 Å². The lowest BCUT2D eigenvalue weighted by atomic mass is 10.2. The Morgan fingerprint density at radius 2 is 0.977 bits per heavy atom. The molecule has 0 aliphatic carbocycles. The summed E-state index contributed by atoms with van der Waals surface area (Å²) < 4.78 is 48.0. The first kappa shape index (κ1) is 39.2. The average molecular weight is 632 g/mol. The molecule has 0 aromatic heterocycles. The molecule has 0 spiro atoms. The highest BCUT2D eigenvalue weighted by atomic mass is 16.6. The minimum Gasteiger partial charge on any atom is -0.481 e. The Labute approximate surface area is 259 Å². The smallest absolute Gasteiger partial charge is 0.407 e. The molecule has 0 saturated heterocycles. The fourth-order valence-corrected chi connectivity index (χ4v) is 3.25. The van der Waals surface area contributed by atoms with Crippen molar-refractivity contribution in [3.63, 3.8) is 0 Å². The van der Waals surface area contributed by atoms with Crippen LogP contribution in [-0.4, -0.2) is 129 Å². The number of aliphatic carboxylic acids is 1. The van der Waals surface area contributed by atoms with Gasteiger partial charge in [0.05, 0.1) is 92.5 Å². The van der Waals surface area contributed by atoms with E-state index in [4.69, 9.17) is 47.7 Å². The average Bonchev–Trinajstić information content (AvgIpc) is 3.02. The molecule has 0 radical (unpaired) electrons. The van der Waals surface area contributed by atoms with Crippen molar-refractivity contribution in [3.05, 3.63) is 35.9 Å². The maximum absolute atomic E-state index is 11.6. The molecule has 14 heteroatoms. The normalized spacial score (nSPS) is 10.9. The SMILES string of the molecule is O=C(O)CCCCC(=O)OCCOCCOCCOCCOCCOCCOCCOCCNC(=O)OCc1ccccc1. The number of carboxylic acids is 1. The van der Waals surface area contributed by atoms with Crippen LogP contribution >= 0.6 is 0 Å². The number of carboxylic acid groups (broad SMARTS) is 1. The second-order valence-corrected chi connectivity index (χ2v) is 9.10. The van der Waals surface area contributed by atoms with Crippen molar-refractivity contribution in [2.45, 2.75) is 32.3 Å². The molecule has 0 atom stereocenters. The summed E-state index contributed by atoms with van der Waals surface area (Å²) in [6.07, 6.45) is 0.743. The van der Waals surface area contributed by atoms with Gasteiger partial charge in [-0.1, -0.05) is 30.3 Å². The Hall–Kier alpha value is -2.85. The van der Waals surface area contributed by atoms with Gasteiger partial charge < -0.3 is 53.1 Å². The van der Waals surface area contributed by atoms with E-state index in [1.54, 1.807) is 0 Å². The van der Waals surface area contributed by atoms with Crippen molar-refractivity contribution in [2.24, 2.45) is 0 Å². The second kappa shape index (κ2) is 30.2. The van der Waals surface area contributed by atoms with E-state index in [0.717, 1.165) is 5.56 Å². The summed E-state index contributed by atoms with van der Waals surface area (Å²) in [4.78, 5) is 33.5. The lowest BCUT2D eigenvalue weighted by Gasteiger charge is -2.09. The van der Waals surface area contributed by atoms with Crippen molar-refractivity contribution in [2.75, 3.05) is 106 Å². The van der Waals surface area contributed by atoms with Gasteiger partial charge in [-0.3, -0.25) is 9.59 Å². The molecule has 14 nitrogen and oxygen atoms in total. The fraction of sp³-hybridized carbons (Fsp3) is 0.700. The quantitative estimate of drug-likeness (QED) is 0.0905. The van der Waals surface area contributed by atoms with Crippen LogP contribution in [0.25, 0.3) is 0 Å². The molecule has 2 N–H and O–H groups in total. The van der Waals surface area contributed by atoms with Gasteiger partial charge in [0.1, 0.15) is 13.2 Å². The van der Waals surface area contributed by atoms with Crippen LogP contribution < -0.4 is 5.32 Å².